The van der Waals surface area contributed by atoms with Gasteiger partial charge in [-0.15, -0.1) is 0 Å². The number of amides is 1. The van der Waals surface area contributed by atoms with Crippen LogP contribution in [-0.2, 0) is 25.2 Å². The van der Waals surface area contributed by atoms with Crippen molar-refractivity contribution in [2.45, 2.75) is 32.0 Å². The van der Waals surface area contributed by atoms with E-state index in [0.29, 0.717) is 41.3 Å². The topological polar surface area (TPSA) is 173 Å². The number of aromatic nitrogens is 4. The number of hydrogen-bond donors (Lipinski definition) is 4. The van der Waals surface area contributed by atoms with Crippen molar-refractivity contribution in [1.29, 1.82) is 0 Å². The number of anilines is 3. The van der Waals surface area contributed by atoms with Crippen LogP contribution in [0.4, 0.5) is 26.0 Å². The van der Waals surface area contributed by atoms with Crippen LogP contribution in [0.25, 0.3) is 10.9 Å². The molecule has 14 nitrogen and oxygen atoms in total. The SMILES string of the molecule is O=C(Cn1cc(Nc2ncnc3cc(OCCN(CCOP(=O)(O)O)C4CCCCO4)ccc23)cn1)Nc1cccc(F)c1F. The van der Waals surface area contributed by atoms with E-state index in [9.17, 15) is 18.1 Å². The Bertz CT molecular complexity index is 1670. The summed E-state index contributed by atoms with van der Waals surface area (Å²) in [6.45, 7) is 1.25. The quantitative estimate of drug-likeness (QED) is 0.146. The van der Waals surface area contributed by atoms with Crippen molar-refractivity contribution >= 4 is 41.8 Å². The highest BCUT2D eigenvalue weighted by molar-refractivity contribution is 7.46. The summed E-state index contributed by atoms with van der Waals surface area (Å²) in [5.41, 5.74) is 0.883. The zero-order valence-electron chi connectivity index (χ0n) is 24.0. The smallest absolute Gasteiger partial charge is 0.469 e. The first-order valence-corrected chi connectivity index (χ1v) is 15.6. The van der Waals surface area contributed by atoms with Gasteiger partial charge < -0.3 is 29.9 Å². The summed E-state index contributed by atoms with van der Waals surface area (Å²) in [7, 11) is -4.56. The summed E-state index contributed by atoms with van der Waals surface area (Å²) in [6.07, 6.45) is 7.04. The molecule has 45 heavy (non-hydrogen) atoms. The molecule has 0 aliphatic carbocycles. The number of fused-ring (bicyclic) bond motifs is 1. The maximum absolute atomic E-state index is 13.9. The van der Waals surface area contributed by atoms with Gasteiger partial charge in [-0.3, -0.25) is 18.9 Å². The van der Waals surface area contributed by atoms with Gasteiger partial charge in [0.25, 0.3) is 0 Å². The Hall–Kier alpha value is -4.05. The molecule has 1 aliphatic rings. The van der Waals surface area contributed by atoms with Crippen molar-refractivity contribution in [3.63, 3.8) is 0 Å². The zero-order valence-corrected chi connectivity index (χ0v) is 24.9. The molecule has 17 heteroatoms. The molecule has 2 aromatic carbocycles. The van der Waals surface area contributed by atoms with Gasteiger partial charge in [0.05, 0.1) is 29.7 Å². The highest BCUT2D eigenvalue weighted by atomic mass is 31.2. The van der Waals surface area contributed by atoms with Gasteiger partial charge in [0.1, 0.15) is 37.3 Å². The lowest BCUT2D eigenvalue weighted by Crippen LogP contribution is -2.43. The fraction of sp³-hybridized carbons (Fsp3) is 0.357. The normalized spacial score (nSPS) is 15.4. The maximum atomic E-state index is 13.9. The molecule has 1 aliphatic heterocycles. The molecule has 2 aromatic heterocycles. The number of rotatable bonds is 14. The summed E-state index contributed by atoms with van der Waals surface area (Å²) in [5.74, 6) is -1.73. The van der Waals surface area contributed by atoms with Crippen LogP contribution in [-0.4, -0.2) is 79.5 Å². The van der Waals surface area contributed by atoms with Crippen molar-refractivity contribution in [2.75, 3.05) is 43.5 Å². The van der Waals surface area contributed by atoms with Crippen LogP contribution in [0, 0.1) is 11.6 Å². The average molecular weight is 648 g/mol. The van der Waals surface area contributed by atoms with Crippen molar-refractivity contribution in [3.8, 4) is 5.75 Å². The third-order valence-electron chi connectivity index (χ3n) is 6.88. The summed E-state index contributed by atoms with van der Waals surface area (Å²) >= 11 is 0. The minimum Gasteiger partial charge on any atom is -0.492 e. The molecule has 1 fully saturated rings. The molecule has 1 amide bonds. The number of hydrogen-bond acceptors (Lipinski definition) is 10. The van der Waals surface area contributed by atoms with Gasteiger partial charge >= 0.3 is 7.82 Å². The molecule has 0 bridgehead atoms. The van der Waals surface area contributed by atoms with Crippen LogP contribution >= 0.6 is 7.82 Å². The largest absolute Gasteiger partial charge is 0.492 e. The van der Waals surface area contributed by atoms with Gasteiger partial charge in [-0.05, 0) is 43.5 Å². The predicted octanol–water partition coefficient (Wildman–Crippen LogP) is 3.80. The number of nitrogens with zero attached hydrogens (tertiary/aromatic N) is 5. The van der Waals surface area contributed by atoms with E-state index >= 15 is 0 Å². The molecule has 0 spiro atoms. The Balaban J connectivity index is 1.17. The molecule has 4 aromatic rings. The Kier molecular flexibility index (Phi) is 10.7. The molecule has 1 atom stereocenters. The van der Waals surface area contributed by atoms with Gasteiger partial charge in [0.15, 0.2) is 11.6 Å². The number of carbonyl (C=O) groups is 1. The van der Waals surface area contributed by atoms with Crippen LogP contribution in [0.2, 0.25) is 0 Å². The second-order valence-electron chi connectivity index (χ2n) is 10.1. The van der Waals surface area contributed by atoms with Crippen LogP contribution in [0.3, 0.4) is 0 Å². The van der Waals surface area contributed by atoms with Gasteiger partial charge in [0.2, 0.25) is 5.91 Å². The summed E-state index contributed by atoms with van der Waals surface area (Å²) in [5, 5.41) is 10.3. The fourth-order valence-corrected chi connectivity index (χ4v) is 5.10. The van der Waals surface area contributed by atoms with Crippen molar-refractivity contribution in [3.05, 3.63) is 66.8 Å². The number of ether oxygens (including phenoxy) is 2. The minimum absolute atomic E-state index is 0.145. The minimum atomic E-state index is -4.56. The van der Waals surface area contributed by atoms with Crippen LogP contribution in [0.1, 0.15) is 19.3 Å². The highest BCUT2D eigenvalue weighted by Gasteiger charge is 2.23. The number of halogens is 2. The lowest BCUT2D eigenvalue weighted by Gasteiger charge is -2.34. The fourth-order valence-electron chi connectivity index (χ4n) is 4.78. The molecule has 1 unspecified atom stereocenters. The first-order chi connectivity index (χ1) is 21.6. The average Bonchev–Trinajstić information content (AvgIpc) is 3.45. The molecule has 4 N–H and O–H groups in total. The van der Waals surface area contributed by atoms with Gasteiger partial charge in [-0.1, -0.05) is 6.07 Å². The molecule has 240 valence electrons. The van der Waals surface area contributed by atoms with Crippen LogP contribution < -0.4 is 15.4 Å². The monoisotopic (exact) mass is 647 g/mol. The van der Waals surface area contributed by atoms with E-state index < -0.39 is 25.4 Å². The first-order valence-electron chi connectivity index (χ1n) is 14.1. The number of phosphoric acid groups is 1. The van der Waals surface area contributed by atoms with E-state index in [2.05, 4.69) is 30.2 Å². The standard InChI is InChI=1S/C28H32F2N7O7P/c29-22-4-3-5-23(27(22)30)35-25(38)17-37-16-19(15-33-37)34-28-21-8-7-20(14-24(21)31-18-32-28)42-12-9-36(10-13-44-45(39,40)41)26-6-1-2-11-43-26/h3-5,7-8,14-16,18,26H,1-2,6,9-13,17H2,(H,35,38)(H,31,32,34)(H2,39,40,41). The predicted molar refractivity (Wildman–Crippen MR) is 159 cm³/mol. The van der Waals surface area contributed by atoms with Crippen molar-refractivity contribution in [2.24, 2.45) is 0 Å². The third kappa shape index (κ3) is 9.23. The molecule has 1 saturated heterocycles. The Morgan fingerprint density at radius 2 is 2.00 bits per heavy atom. The second kappa shape index (κ2) is 14.8. The van der Waals surface area contributed by atoms with Gasteiger partial charge in [0, 0.05) is 37.3 Å². The zero-order chi connectivity index (χ0) is 31.8. The van der Waals surface area contributed by atoms with E-state index in [1.54, 1.807) is 24.4 Å². The molecule has 3 heterocycles. The third-order valence-corrected chi connectivity index (χ3v) is 7.40. The number of carbonyl (C=O) groups excluding carboxylic acids is 1. The van der Waals surface area contributed by atoms with E-state index in [4.69, 9.17) is 19.3 Å². The van der Waals surface area contributed by atoms with E-state index in [-0.39, 0.29) is 38.2 Å². The summed E-state index contributed by atoms with van der Waals surface area (Å²) < 4.78 is 56.1. The number of nitrogens with one attached hydrogen (secondary N) is 2. The Morgan fingerprint density at radius 1 is 1.16 bits per heavy atom. The highest BCUT2D eigenvalue weighted by Crippen LogP contribution is 2.35. The second-order valence-corrected chi connectivity index (χ2v) is 11.4. The molecular weight excluding hydrogens is 615 g/mol. The summed E-state index contributed by atoms with van der Waals surface area (Å²) in [6, 6.07) is 8.86. The van der Waals surface area contributed by atoms with Crippen LogP contribution in [0.5, 0.6) is 5.75 Å². The van der Waals surface area contributed by atoms with E-state index in [0.717, 1.165) is 25.3 Å². The van der Waals surface area contributed by atoms with Gasteiger partial charge in [-0.25, -0.2) is 23.3 Å². The Morgan fingerprint density at radius 3 is 2.80 bits per heavy atom. The lowest BCUT2D eigenvalue weighted by atomic mass is 10.1. The van der Waals surface area contributed by atoms with E-state index in [1.165, 1.54) is 29.3 Å². The molecular formula is C28H32F2N7O7P. The molecule has 0 saturated carbocycles. The first kappa shape index (κ1) is 32.3. The molecule has 5 rings (SSSR count). The van der Waals surface area contributed by atoms with Crippen LogP contribution in [0.15, 0.2) is 55.1 Å². The Labute approximate surface area is 256 Å². The summed E-state index contributed by atoms with van der Waals surface area (Å²) in [4.78, 5) is 41.0. The lowest BCUT2D eigenvalue weighted by molar-refractivity contribution is -0.116. The van der Waals surface area contributed by atoms with Crippen molar-refractivity contribution in [1.82, 2.24) is 24.6 Å². The maximum Gasteiger partial charge on any atom is 0.469 e. The van der Waals surface area contributed by atoms with Gasteiger partial charge in [-0.2, -0.15) is 5.10 Å². The molecule has 0 radical (unpaired) electrons. The van der Waals surface area contributed by atoms with Crippen molar-refractivity contribution < 1.29 is 41.9 Å². The number of benzene rings is 2. The number of phosphoric ester groups is 1. The van der Waals surface area contributed by atoms with E-state index in [1.807, 2.05) is 4.90 Å².